The Labute approximate surface area is 131 Å². The van der Waals surface area contributed by atoms with E-state index >= 15 is 0 Å². The van der Waals surface area contributed by atoms with Gasteiger partial charge in [-0.25, -0.2) is 4.79 Å². The Morgan fingerprint density at radius 1 is 1.23 bits per heavy atom. The Hall–Kier alpha value is -2.48. The highest BCUT2D eigenvalue weighted by Gasteiger charge is 2.15. The Balaban J connectivity index is 2.26. The molecule has 1 aromatic carbocycles. The van der Waals surface area contributed by atoms with Gasteiger partial charge in [0.1, 0.15) is 5.60 Å². The van der Waals surface area contributed by atoms with Gasteiger partial charge >= 0.3 is 6.09 Å². The van der Waals surface area contributed by atoms with Crippen molar-refractivity contribution in [3.8, 4) is 12.3 Å². The Kier molecular flexibility index (Phi) is 6.46. The molecule has 0 heterocycles. The number of alkyl carbamates (subject to hydrolysis) is 1. The third-order valence-electron chi connectivity index (χ3n) is 2.60. The summed E-state index contributed by atoms with van der Waals surface area (Å²) in [6.07, 6.45) is 5.45. The normalized spacial score (nSPS) is 10.5. The second-order valence-electron chi connectivity index (χ2n) is 5.76. The molecule has 0 aliphatic carbocycles. The van der Waals surface area contributed by atoms with Gasteiger partial charge in [-0.1, -0.05) is 12.0 Å². The highest BCUT2D eigenvalue weighted by molar-refractivity contribution is 5.94. The minimum Gasteiger partial charge on any atom is -0.444 e. The van der Waals surface area contributed by atoms with Gasteiger partial charge in [-0.05, 0) is 45.4 Å². The number of hydrogen-bond donors (Lipinski definition) is 2. The first kappa shape index (κ1) is 17.6. The molecule has 0 saturated carbocycles. The van der Waals surface area contributed by atoms with Crippen molar-refractivity contribution in [3.05, 3.63) is 35.4 Å². The van der Waals surface area contributed by atoms with Gasteiger partial charge in [-0.15, -0.1) is 6.42 Å². The lowest BCUT2D eigenvalue weighted by atomic mass is 10.1. The fraction of sp³-hybridized carbons (Fsp3) is 0.412. The minimum atomic E-state index is -0.514. The van der Waals surface area contributed by atoms with Crippen LogP contribution >= 0.6 is 0 Å². The van der Waals surface area contributed by atoms with Crippen LogP contribution in [0.1, 0.15) is 43.1 Å². The molecule has 0 aliphatic heterocycles. The van der Waals surface area contributed by atoms with E-state index in [1.54, 1.807) is 45.0 Å². The first-order chi connectivity index (χ1) is 10.3. The van der Waals surface area contributed by atoms with Crippen molar-refractivity contribution in [1.29, 1.82) is 0 Å². The predicted molar refractivity (Wildman–Crippen MR) is 85.6 cm³/mol. The van der Waals surface area contributed by atoms with Crippen LogP contribution in [-0.4, -0.2) is 30.7 Å². The molecule has 0 bridgehead atoms. The molecule has 5 heteroatoms. The van der Waals surface area contributed by atoms with Crippen LogP contribution in [0.15, 0.2) is 24.3 Å². The highest BCUT2D eigenvalue weighted by Crippen LogP contribution is 2.06. The van der Waals surface area contributed by atoms with E-state index in [9.17, 15) is 9.59 Å². The molecule has 0 unspecified atom stereocenters. The largest absolute Gasteiger partial charge is 0.444 e. The number of hydrogen-bond acceptors (Lipinski definition) is 3. The van der Waals surface area contributed by atoms with Crippen LogP contribution in [0.5, 0.6) is 0 Å². The van der Waals surface area contributed by atoms with Crippen LogP contribution < -0.4 is 10.6 Å². The van der Waals surface area contributed by atoms with Crippen LogP contribution in [0.4, 0.5) is 4.79 Å². The topological polar surface area (TPSA) is 67.4 Å². The van der Waals surface area contributed by atoms with Crippen LogP contribution in [0.3, 0.4) is 0 Å². The van der Waals surface area contributed by atoms with Gasteiger partial charge in [-0.3, -0.25) is 4.79 Å². The zero-order chi connectivity index (χ0) is 16.6. The Bertz CT molecular complexity index is 568. The summed E-state index contributed by atoms with van der Waals surface area (Å²) >= 11 is 0. The first-order valence-electron chi connectivity index (χ1n) is 7.13. The lowest BCUT2D eigenvalue weighted by Gasteiger charge is -2.19. The van der Waals surface area contributed by atoms with Crippen LogP contribution in [-0.2, 0) is 4.74 Å². The van der Waals surface area contributed by atoms with Crippen molar-refractivity contribution in [3.63, 3.8) is 0 Å². The van der Waals surface area contributed by atoms with E-state index < -0.39 is 11.7 Å². The molecule has 0 spiro atoms. The van der Waals surface area contributed by atoms with E-state index in [0.717, 1.165) is 0 Å². The quantitative estimate of drug-likeness (QED) is 0.648. The minimum absolute atomic E-state index is 0.186. The van der Waals surface area contributed by atoms with Crippen LogP contribution in [0, 0.1) is 12.3 Å². The van der Waals surface area contributed by atoms with Crippen molar-refractivity contribution in [2.24, 2.45) is 0 Å². The molecule has 0 radical (unpaired) electrons. The number of ether oxygens (including phenoxy) is 1. The second kappa shape index (κ2) is 8.08. The van der Waals surface area contributed by atoms with Crippen LogP contribution in [0.2, 0.25) is 0 Å². The zero-order valence-corrected chi connectivity index (χ0v) is 13.2. The maximum absolute atomic E-state index is 11.9. The fourth-order valence-electron chi connectivity index (χ4n) is 1.65. The summed E-state index contributed by atoms with van der Waals surface area (Å²) in [6.45, 7) is 6.29. The lowest BCUT2D eigenvalue weighted by Crippen LogP contribution is -2.34. The maximum atomic E-state index is 11.9. The van der Waals surface area contributed by atoms with Gasteiger partial charge in [0.05, 0.1) is 0 Å². The van der Waals surface area contributed by atoms with E-state index in [-0.39, 0.29) is 5.91 Å². The van der Waals surface area contributed by atoms with E-state index in [0.29, 0.717) is 30.6 Å². The summed E-state index contributed by atoms with van der Waals surface area (Å²) in [7, 11) is 0. The molecule has 0 aliphatic rings. The molecule has 0 saturated heterocycles. The fourth-order valence-corrected chi connectivity index (χ4v) is 1.65. The zero-order valence-electron chi connectivity index (χ0n) is 13.2. The summed E-state index contributed by atoms with van der Waals surface area (Å²) in [6, 6.07) is 6.87. The summed E-state index contributed by atoms with van der Waals surface area (Å²) in [4.78, 5) is 23.3. The van der Waals surface area contributed by atoms with Crippen molar-refractivity contribution >= 4 is 12.0 Å². The van der Waals surface area contributed by atoms with Gasteiger partial charge in [0, 0.05) is 24.2 Å². The van der Waals surface area contributed by atoms with Crippen molar-refractivity contribution in [2.45, 2.75) is 32.8 Å². The van der Waals surface area contributed by atoms with E-state index in [2.05, 4.69) is 16.6 Å². The van der Waals surface area contributed by atoms with Gasteiger partial charge < -0.3 is 15.4 Å². The molecular weight excluding hydrogens is 280 g/mol. The number of amides is 2. The molecule has 118 valence electrons. The summed E-state index contributed by atoms with van der Waals surface area (Å²) in [5, 5.41) is 5.40. The number of nitrogens with one attached hydrogen (secondary N) is 2. The SMILES string of the molecule is C#Cc1cccc(C(=O)NCCCNC(=O)OC(C)(C)C)c1. The summed E-state index contributed by atoms with van der Waals surface area (Å²) < 4.78 is 5.10. The molecule has 2 amide bonds. The van der Waals surface area contributed by atoms with Crippen molar-refractivity contribution in [2.75, 3.05) is 13.1 Å². The molecule has 0 aromatic heterocycles. The molecule has 5 nitrogen and oxygen atoms in total. The predicted octanol–water partition coefficient (Wildman–Crippen LogP) is 2.31. The first-order valence-corrected chi connectivity index (χ1v) is 7.13. The van der Waals surface area contributed by atoms with Crippen molar-refractivity contribution in [1.82, 2.24) is 10.6 Å². The average molecular weight is 302 g/mol. The number of carbonyl (C=O) groups is 2. The molecule has 1 rings (SSSR count). The third kappa shape index (κ3) is 6.80. The standard InChI is InChI=1S/C17H22N2O3/c1-5-13-8-6-9-14(12-13)15(20)18-10-7-11-19-16(21)22-17(2,3)4/h1,6,8-9,12H,7,10-11H2,2-4H3,(H,18,20)(H,19,21). The van der Waals surface area contributed by atoms with E-state index in [1.807, 2.05) is 0 Å². The average Bonchev–Trinajstić information content (AvgIpc) is 2.45. The van der Waals surface area contributed by atoms with Gasteiger partial charge in [0.15, 0.2) is 0 Å². The summed E-state index contributed by atoms with van der Waals surface area (Å²) in [5.74, 6) is 2.30. The summed E-state index contributed by atoms with van der Waals surface area (Å²) in [5.41, 5.74) is 0.676. The number of carbonyl (C=O) groups excluding carboxylic acids is 2. The smallest absolute Gasteiger partial charge is 0.407 e. The second-order valence-corrected chi connectivity index (χ2v) is 5.76. The molecule has 22 heavy (non-hydrogen) atoms. The Morgan fingerprint density at radius 3 is 2.55 bits per heavy atom. The molecule has 0 atom stereocenters. The third-order valence-corrected chi connectivity index (χ3v) is 2.60. The Morgan fingerprint density at radius 2 is 1.91 bits per heavy atom. The highest BCUT2D eigenvalue weighted by atomic mass is 16.6. The molecule has 0 fully saturated rings. The van der Waals surface area contributed by atoms with Gasteiger partial charge in [-0.2, -0.15) is 0 Å². The van der Waals surface area contributed by atoms with Gasteiger partial charge in [0.2, 0.25) is 0 Å². The monoisotopic (exact) mass is 302 g/mol. The molecule has 2 N–H and O–H groups in total. The van der Waals surface area contributed by atoms with Crippen molar-refractivity contribution < 1.29 is 14.3 Å². The molecular formula is C17H22N2O3. The number of benzene rings is 1. The maximum Gasteiger partial charge on any atom is 0.407 e. The lowest BCUT2D eigenvalue weighted by molar-refractivity contribution is 0.0527. The van der Waals surface area contributed by atoms with Gasteiger partial charge in [0.25, 0.3) is 5.91 Å². The van der Waals surface area contributed by atoms with Crippen LogP contribution in [0.25, 0.3) is 0 Å². The van der Waals surface area contributed by atoms with E-state index in [4.69, 9.17) is 11.2 Å². The van der Waals surface area contributed by atoms with E-state index in [1.165, 1.54) is 0 Å². The number of rotatable bonds is 5. The number of terminal acetylenes is 1. The molecule has 1 aromatic rings.